The summed E-state index contributed by atoms with van der Waals surface area (Å²) in [6.07, 6.45) is 3.56. The molecule has 0 unspecified atom stereocenters. The third kappa shape index (κ3) is 3.65. The summed E-state index contributed by atoms with van der Waals surface area (Å²) in [7, 11) is 0. The second-order valence-electron chi connectivity index (χ2n) is 5.15. The molecule has 0 bridgehead atoms. The van der Waals surface area contributed by atoms with Gasteiger partial charge >= 0.3 is 0 Å². The van der Waals surface area contributed by atoms with Crippen molar-refractivity contribution in [2.24, 2.45) is 0 Å². The average molecular weight is 326 g/mol. The van der Waals surface area contributed by atoms with Crippen molar-refractivity contribution in [1.82, 2.24) is 15.0 Å². The van der Waals surface area contributed by atoms with Crippen molar-refractivity contribution in [2.45, 2.75) is 20.8 Å². The molecule has 0 radical (unpaired) electrons. The molecule has 23 heavy (non-hydrogen) atoms. The molecule has 6 heteroatoms. The number of aromatic nitrogens is 3. The molecule has 0 amide bonds. The maximum absolute atomic E-state index is 5.40. The van der Waals surface area contributed by atoms with Crippen LogP contribution in [0.1, 0.15) is 18.1 Å². The van der Waals surface area contributed by atoms with Crippen LogP contribution in [0.2, 0.25) is 0 Å². The second kappa shape index (κ2) is 6.75. The lowest BCUT2D eigenvalue weighted by atomic mass is 10.2. The fourth-order valence-corrected chi connectivity index (χ4v) is 2.88. The van der Waals surface area contributed by atoms with Gasteiger partial charge in [-0.25, -0.2) is 9.97 Å². The maximum atomic E-state index is 5.40. The van der Waals surface area contributed by atoms with Crippen molar-refractivity contribution < 1.29 is 4.74 Å². The Morgan fingerprint density at radius 3 is 2.70 bits per heavy atom. The lowest BCUT2D eigenvalue weighted by Crippen LogP contribution is -1.96. The number of thiazole rings is 1. The Labute approximate surface area is 139 Å². The quantitative estimate of drug-likeness (QED) is 0.755. The van der Waals surface area contributed by atoms with E-state index in [1.807, 2.05) is 44.5 Å². The van der Waals surface area contributed by atoms with E-state index in [4.69, 9.17) is 4.74 Å². The van der Waals surface area contributed by atoms with E-state index in [0.717, 1.165) is 39.2 Å². The monoisotopic (exact) mass is 326 g/mol. The van der Waals surface area contributed by atoms with Crippen molar-refractivity contribution in [3.8, 4) is 17.1 Å². The SMILES string of the molecule is CCOc1ccc(-c2csc(Nc3ncc(C)cc3C)n2)nc1. The van der Waals surface area contributed by atoms with Gasteiger partial charge in [-0.15, -0.1) is 11.3 Å². The van der Waals surface area contributed by atoms with Crippen LogP contribution in [0, 0.1) is 13.8 Å². The van der Waals surface area contributed by atoms with Crippen LogP contribution in [0.25, 0.3) is 11.4 Å². The van der Waals surface area contributed by atoms with Crippen molar-refractivity contribution in [2.75, 3.05) is 11.9 Å². The molecule has 0 spiro atoms. The Bertz CT molecular complexity index is 799. The van der Waals surface area contributed by atoms with Gasteiger partial charge in [-0.3, -0.25) is 4.98 Å². The highest BCUT2D eigenvalue weighted by atomic mass is 32.1. The van der Waals surface area contributed by atoms with E-state index in [1.165, 1.54) is 11.3 Å². The predicted octanol–water partition coefficient (Wildman–Crippen LogP) is 4.36. The Hall–Kier alpha value is -2.47. The van der Waals surface area contributed by atoms with Gasteiger partial charge in [-0.2, -0.15) is 0 Å². The van der Waals surface area contributed by atoms with Crippen LogP contribution >= 0.6 is 11.3 Å². The molecule has 0 aliphatic heterocycles. The Kier molecular flexibility index (Phi) is 4.52. The third-order valence-corrected chi connectivity index (χ3v) is 4.01. The lowest BCUT2D eigenvalue weighted by Gasteiger charge is -2.06. The van der Waals surface area contributed by atoms with Crippen LogP contribution in [-0.2, 0) is 0 Å². The molecule has 0 atom stereocenters. The Morgan fingerprint density at radius 1 is 1.13 bits per heavy atom. The van der Waals surface area contributed by atoms with Gasteiger partial charge in [-0.05, 0) is 44.0 Å². The van der Waals surface area contributed by atoms with Crippen molar-refractivity contribution >= 4 is 22.3 Å². The van der Waals surface area contributed by atoms with E-state index < -0.39 is 0 Å². The minimum absolute atomic E-state index is 0.634. The standard InChI is InChI=1S/C17H18N4OS/c1-4-22-13-5-6-14(18-9-13)15-10-23-17(20-15)21-16-12(3)7-11(2)8-19-16/h5-10H,4H2,1-3H3,(H,19,20,21). The molecule has 3 aromatic rings. The van der Waals surface area contributed by atoms with E-state index in [0.29, 0.717) is 6.61 Å². The molecule has 0 saturated heterocycles. The summed E-state index contributed by atoms with van der Waals surface area (Å²) < 4.78 is 5.40. The van der Waals surface area contributed by atoms with Crippen LogP contribution in [0.3, 0.4) is 0 Å². The molecule has 0 aliphatic carbocycles. The predicted molar refractivity (Wildman–Crippen MR) is 93.5 cm³/mol. The largest absolute Gasteiger partial charge is 0.492 e. The van der Waals surface area contributed by atoms with E-state index in [-0.39, 0.29) is 0 Å². The number of hydrogen-bond donors (Lipinski definition) is 1. The second-order valence-corrected chi connectivity index (χ2v) is 6.01. The fraction of sp³-hybridized carbons (Fsp3) is 0.235. The molecule has 3 rings (SSSR count). The van der Waals surface area contributed by atoms with Crippen LogP contribution < -0.4 is 10.1 Å². The molecule has 0 saturated carbocycles. The molecule has 0 aromatic carbocycles. The van der Waals surface area contributed by atoms with Crippen LogP contribution in [0.5, 0.6) is 5.75 Å². The number of nitrogens with zero attached hydrogens (tertiary/aromatic N) is 3. The van der Waals surface area contributed by atoms with Crippen LogP contribution in [0.15, 0.2) is 36.0 Å². The summed E-state index contributed by atoms with van der Waals surface area (Å²) in [5.41, 5.74) is 3.91. The van der Waals surface area contributed by atoms with Crippen LogP contribution in [-0.4, -0.2) is 21.6 Å². The van der Waals surface area contributed by atoms with Crippen molar-refractivity contribution in [3.63, 3.8) is 0 Å². The number of anilines is 2. The van der Waals surface area contributed by atoms with E-state index in [2.05, 4.69) is 26.3 Å². The number of rotatable bonds is 5. The molecular formula is C17H18N4OS. The van der Waals surface area contributed by atoms with Crippen molar-refractivity contribution in [3.05, 3.63) is 47.1 Å². The van der Waals surface area contributed by atoms with Gasteiger partial charge in [0.2, 0.25) is 0 Å². The highest BCUT2D eigenvalue weighted by Crippen LogP contribution is 2.27. The van der Waals surface area contributed by atoms with E-state index >= 15 is 0 Å². The minimum atomic E-state index is 0.634. The molecule has 0 fully saturated rings. The summed E-state index contributed by atoms with van der Waals surface area (Å²) in [5, 5.41) is 6.05. The first kappa shape index (κ1) is 15.4. The minimum Gasteiger partial charge on any atom is -0.492 e. The normalized spacial score (nSPS) is 10.6. The van der Waals surface area contributed by atoms with E-state index in [9.17, 15) is 0 Å². The van der Waals surface area contributed by atoms with Gasteiger partial charge in [0.1, 0.15) is 17.3 Å². The highest BCUT2D eigenvalue weighted by molar-refractivity contribution is 7.14. The summed E-state index contributed by atoms with van der Waals surface area (Å²) in [6.45, 7) is 6.65. The lowest BCUT2D eigenvalue weighted by molar-refractivity contribution is 0.339. The maximum Gasteiger partial charge on any atom is 0.188 e. The van der Waals surface area contributed by atoms with Crippen molar-refractivity contribution in [1.29, 1.82) is 0 Å². The molecule has 1 N–H and O–H groups in total. The molecule has 118 valence electrons. The summed E-state index contributed by atoms with van der Waals surface area (Å²) in [4.78, 5) is 13.4. The first-order chi connectivity index (χ1) is 11.2. The number of aryl methyl sites for hydroxylation is 2. The fourth-order valence-electron chi connectivity index (χ4n) is 2.18. The number of nitrogens with one attached hydrogen (secondary N) is 1. The third-order valence-electron chi connectivity index (χ3n) is 3.25. The number of ether oxygens (including phenoxy) is 1. The zero-order valence-electron chi connectivity index (χ0n) is 13.3. The highest BCUT2D eigenvalue weighted by Gasteiger charge is 2.08. The van der Waals surface area contributed by atoms with Gasteiger partial charge in [0.25, 0.3) is 0 Å². The van der Waals surface area contributed by atoms with Gasteiger partial charge in [0.15, 0.2) is 5.13 Å². The van der Waals surface area contributed by atoms with Gasteiger partial charge in [0.05, 0.1) is 18.5 Å². The Morgan fingerprint density at radius 2 is 2.00 bits per heavy atom. The molecule has 3 aromatic heterocycles. The zero-order chi connectivity index (χ0) is 16.2. The first-order valence-electron chi connectivity index (χ1n) is 7.40. The zero-order valence-corrected chi connectivity index (χ0v) is 14.1. The number of pyridine rings is 2. The summed E-state index contributed by atoms with van der Waals surface area (Å²) >= 11 is 1.53. The number of hydrogen-bond acceptors (Lipinski definition) is 6. The molecule has 0 aliphatic rings. The Balaban J connectivity index is 1.77. The molecule has 3 heterocycles. The topological polar surface area (TPSA) is 59.9 Å². The van der Waals surface area contributed by atoms with Gasteiger partial charge < -0.3 is 10.1 Å². The smallest absolute Gasteiger partial charge is 0.188 e. The van der Waals surface area contributed by atoms with Crippen LogP contribution in [0.4, 0.5) is 10.9 Å². The summed E-state index contributed by atoms with van der Waals surface area (Å²) in [6, 6.07) is 5.92. The molecular weight excluding hydrogens is 308 g/mol. The van der Waals surface area contributed by atoms with Gasteiger partial charge in [0, 0.05) is 11.6 Å². The summed E-state index contributed by atoms with van der Waals surface area (Å²) in [5.74, 6) is 1.60. The molecule has 5 nitrogen and oxygen atoms in total. The van der Waals surface area contributed by atoms with Gasteiger partial charge in [-0.1, -0.05) is 6.07 Å². The van der Waals surface area contributed by atoms with E-state index in [1.54, 1.807) is 6.20 Å². The average Bonchev–Trinajstić information content (AvgIpc) is 3.00. The first-order valence-corrected chi connectivity index (χ1v) is 8.28.